The summed E-state index contributed by atoms with van der Waals surface area (Å²) < 4.78 is 0. The van der Waals surface area contributed by atoms with Crippen LogP contribution in [0.5, 0.6) is 0 Å². The first-order chi connectivity index (χ1) is 7.62. The summed E-state index contributed by atoms with van der Waals surface area (Å²) in [6.07, 6.45) is 8.20. The highest BCUT2D eigenvalue weighted by Gasteiger charge is 2.38. The van der Waals surface area contributed by atoms with Gasteiger partial charge in [0.25, 0.3) is 0 Å². The largest absolute Gasteiger partial charge is 0.342 e. The van der Waals surface area contributed by atoms with Gasteiger partial charge in [-0.2, -0.15) is 0 Å². The Labute approximate surface area is 107 Å². The zero-order chi connectivity index (χ0) is 11.6. The van der Waals surface area contributed by atoms with Gasteiger partial charge in [0.1, 0.15) is 0 Å². The second-order valence-electron chi connectivity index (χ2n) is 5.59. The molecule has 2 rings (SSSR count). The highest BCUT2D eigenvalue weighted by molar-refractivity contribution is 9.09. The maximum atomic E-state index is 12.5. The summed E-state index contributed by atoms with van der Waals surface area (Å²) in [6.45, 7) is 4.07. The quantitative estimate of drug-likeness (QED) is 0.678. The molecule has 0 unspecified atom stereocenters. The molecule has 0 bridgehead atoms. The van der Waals surface area contributed by atoms with Crippen LogP contribution in [-0.2, 0) is 4.79 Å². The van der Waals surface area contributed by atoms with Crippen molar-refractivity contribution in [3.63, 3.8) is 0 Å². The molecule has 1 saturated carbocycles. The second-order valence-corrected chi connectivity index (χ2v) is 6.88. The molecule has 0 atom stereocenters. The van der Waals surface area contributed by atoms with Gasteiger partial charge in [-0.05, 0) is 25.7 Å². The van der Waals surface area contributed by atoms with Crippen LogP contribution >= 0.6 is 15.9 Å². The number of halogens is 1. The van der Waals surface area contributed by atoms with Gasteiger partial charge in [-0.1, -0.05) is 42.1 Å². The Bertz CT molecular complexity index is 253. The van der Waals surface area contributed by atoms with Crippen molar-refractivity contribution in [2.45, 2.75) is 56.7 Å². The van der Waals surface area contributed by atoms with E-state index in [4.69, 9.17) is 0 Å². The van der Waals surface area contributed by atoms with E-state index in [0.29, 0.717) is 10.7 Å². The van der Waals surface area contributed by atoms with Gasteiger partial charge < -0.3 is 4.90 Å². The Hall–Kier alpha value is -0.0500. The van der Waals surface area contributed by atoms with E-state index in [2.05, 4.69) is 27.8 Å². The summed E-state index contributed by atoms with van der Waals surface area (Å²) in [5.74, 6) is 0.423. The predicted octanol–water partition coefficient (Wildman–Crippen LogP) is 3.34. The van der Waals surface area contributed by atoms with E-state index in [9.17, 15) is 4.79 Å². The normalized spacial score (nSPS) is 26.8. The van der Waals surface area contributed by atoms with Crippen LogP contribution in [0.1, 0.15) is 51.9 Å². The highest BCUT2D eigenvalue weighted by atomic mass is 79.9. The minimum Gasteiger partial charge on any atom is -0.342 e. The molecule has 1 aliphatic heterocycles. The SMILES string of the molecule is CC1(C(=O)N2CCC(Br)CC2)CCCCC1. The number of hydrogen-bond acceptors (Lipinski definition) is 1. The van der Waals surface area contributed by atoms with Gasteiger partial charge in [0.15, 0.2) is 0 Å². The molecule has 0 aromatic rings. The molecule has 1 aliphatic carbocycles. The van der Waals surface area contributed by atoms with Crippen molar-refractivity contribution < 1.29 is 4.79 Å². The van der Waals surface area contributed by atoms with Gasteiger partial charge >= 0.3 is 0 Å². The summed E-state index contributed by atoms with van der Waals surface area (Å²) in [5, 5.41) is 0. The summed E-state index contributed by atoms with van der Waals surface area (Å²) >= 11 is 3.64. The lowest BCUT2D eigenvalue weighted by atomic mass is 9.74. The zero-order valence-electron chi connectivity index (χ0n) is 10.2. The summed E-state index contributed by atoms with van der Waals surface area (Å²) in [6, 6.07) is 0. The Morgan fingerprint density at radius 3 is 2.31 bits per heavy atom. The van der Waals surface area contributed by atoms with Gasteiger partial charge in [-0.3, -0.25) is 4.79 Å². The fourth-order valence-corrected chi connectivity index (χ4v) is 3.39. The molecule has 0 aromatic heterocycles. The molecule has 2 fully saturated rings. The van der Waals surface area contributed by atoms with Crippen molar-refractivity contribution in [1.82, 2.24) is 4.90 Å². The Morgan fingerprint density at radius 1 is 1.19 bits per heavy atom. The topological polar surface area (TPSA) is 20.3 Å². The average molecular weight is 288 g/mol. The number of likely N-dealkylation sites (tertiary alicyclic amines) is 1. The molecular formula is C13H22BrNO. The minimum absolute atomic E-state index is 0.0442. The zero-order valence-corrected chi connectivity index (χ0v) is 11.8. The third-order valence-electron chi connectivity index (χ3n) is 4.19. The Balaban J connectivity index is 1.95. The highest BCUT2D eigenvalue weighted by Crippen LogP contribution is 2.38. The number of carbonyl (C=O) groups is 1. The molecule has 16 heavy (non-hydrogen) atoms. The number of piperidine rings is 1. The first-order valence-electron chi connectivity index (χ1n) is 6.55. The maximum Gasteiger partial charge on any atom is 0.228 e. The van der Waals surface area contributed by atoms with E-state index in [1.807, 2.05) is 0 Å². The molecule has 0 N–H and O–H groups in total. The Morgan fingerprint density at radius 2 is 1.75 bits per heavy atom. The lowest BCUT2D eigenvalue weighted by Crippen LogP contribution is -2.47. The maximum absolute atomic E-state index is 12.5. The van der Waals surface area contributed by atoms with Gasteiger partial charge in [0.05, 0.1) is 0 Å². The fourth-order valence-electron chi connectivity index (χ4n) is 2.98. The lowest BCUT2D eigenvalue weighted by molar-refractivity contribution is -0.143. The van der Waals surface area contributed by atoms with Crippen molar-refractivity contribution in [3.05, 3.63) is 0 Å². The summed E-state index contributed by atoms with van der Waals surface area (Å²) in [7, 11) is 0. The number of alkyl halides is 1. The number of amides is 1. The predicted molar refractivity (Wildman–Crippen MR) is 69.7 cm³/mol. The lowest BCUT2D eigenvalue weighted by Gasteiger charge is -2.39. The molecule has 92 valence electrons. The second kappa shape index (κ2) is 5.07. The van der Waals surface area contributed by atoms with E-state index < -0.39 is 0 Å². The van der Waals surface area contributed by atoms with E-state index in [1.54, 1.807) is 0 Å². The molecule has 3 heteroatoms. The van der Waals surface area contributed by atoms with Crippen molar-refractivity contribution in [3.8, 4) is 0 Å². The van der Waals surface area contributed by atoms with Crippen LogP contribution in [0.3, 0.4) is 0 Å². The average Bonchev–Trinajstić information content (AvgIpc) is 2.30. The molecule has 1 heterocycles. The van der Waals surface area contributed by atoms with Crippen LogP contribution in [0, 0.1) is 5.41 Å². The molecule has 1 amide bonds. The number of nitrogens with zero attached hydrogens (tertiary/aromatic N) is 1. The molecule has 1 saturated heterocycles. The van der Waals surface area contributed by atoms with Gasteiger partial charge in [-0.25, -0.2) is 0 Å². The molecule has 2 nitrogen and oxygen atoms in total. The summed E-state index contributed by atoms with van der Waals surface area (Å²) in [4.78, 5) is 15.2. The monoisotopic (exact) mass is 287 g/mol. The molecular weight excluding hydrogens is 266 g/mol. The first-order valence-corrected chi connectivity index (χ1v) is 7.47. The standard InChI is InChI=1S/C13H22BrNO/c1-13(7-3-2-4-8-13)12(16)15-9-5-11(14)6-10-15/h11H,2-10H2,1H3. The van der Waals surface area contributed by atoms with Crippen molar-refractivity contribution in [1.29, 1.82) is 0 Å². The van der Waals surface area contributed by atoms with Gasteiger partial charge in [0.2, 0.25) is 5.91 Å². The van der Waals surface area contributed by atoms with Crippen LogP contribution in [0.2, 0.25) is 0 Å². The van der Waals surface area contributed by atoms with Crippen LogP contribution in [0.4, 0.5) is 0 Å². The molecule has 0 radical (unpaired) electrons. The third kappa shape index (κ3) is 2.61. The van der Waals surface area contributed by atoms with Crippen molar-refractivity contribution >= 4 is 21.8 Å². The number of carbonyl (C=O) groups excluding carboxylic acids is 1. The van der Waals surface area contributed by atoms with Crippen molar-refractivity contribution in [2.24, 2.45) is 5.41 Å². The van der Waals surface area contributed by atoms with Crippen molar-refractivity contribution in [2.75, 3.05) is 13.1 Å². The van der Waals surface area contributed by atoms with E-state index >= 15 is 0 Å². The smallest absolute Gasteiger partial charge is 0.228 e. The molecule has 2 aliphatic rings. The molecule has 0 spiro atoms. The Kier molecular flexibility index (Phi) is 3.93. The van der Waals surface area contributed by atoms with Crippen LogP contribution in [0.25, 0.3) is 0 Å². The van der Waals surface area contributed by atoms with E-state index in [1.165, 1.54) is 19.3 Å². The van der Waals surface area contributed by atoms with Gasteiger partial charge in [0, 0.05) is 23.3 Å². The number of hydrogen-bond donors (Lipinski definition) is 0. The van der Waals surface area contributed by atoms with E-state index in [-0.39, 0.29) is 5.41 Å². The summed E-state index contributed by atoms with van der Waals surface area (Å²) in [5.41, 5.74) is -0.0442. The van der Waals surface area contributed by atoms with Crippen LogP contribution in [-0.4, -0.2) is 28.7 Å². The van der Waals surface area contributed by atoms with Crippen LogP contribution in [0.15, 0.2) is 0 Å². The number of rotatable bonds is 1. The minimum atomic E-state index is -0.0442. The van der Waals surface area contributed by atoms with Crippen LogP contribution < -0.4 is 0 Å². The first kappa shape index (κ1) is 12.4. The van der Waals surface area contributed by atoms with E-state index in [0.717, 1.165) is 38.8 Å². The third-order valence-corrected chi connectivity index (χ3v) is 5.10. The molecule has 0 aromatic carbocycles. The van der Waals surface area contributed by atoms with Gasteiger partial charge in [-0.15, -0.1) is 0 Å². The fraction of sp³-hybridized carbons (Fsp3) is 0.923.